The Bertz CT molecular complexity index is 156. The minimum absolute atomic E-state index is 0.710. The Morgan fingerprint density at radius 1 is 0.722 bits per heavy atom. The summed E-state index contributed by atoms with van der Waals surface area (Å²) in [5, 5.41) is 13.1. The van der Waals surface area contributed by atoms with Crippen molar-refractivity contribution in [2.45, 2.75) is 0 Å². The van der Waals surface area contributed by atoms with E-state index in [4.69, 9.17) is 5.73 Å². The maximum Gasteiger partial charge on any atom is 0.0108 e. The summed E-state index contributed by atoms with van der Waals surface area (Å²) in [6, 6.07) is 0. The number of rotatable bonds is 14. The molecular formula is C12H32N6. The van der Waals surface area contributed by atoms with Crippen LogP contribution in [-0.4, -0.2) is 84.4 Å². The normalized spacial score (nSPS) is 11.3. The van der Waals surface area contributed by atoms with E-state index in [0.29, 0.717) is 6.54 Å². The molecule has 0 radical (unpaired) electrons. The first-order chi connectivity index (χ1) is 8.85. The van der Waals surface area contributed by atoms with E-state index in [1.807, 2.05) is 14.1 Å². The maximum atomic E-state index is 5.45. The van der Waals surface area contributed by atoms with Gasteiger partial charge in [0.15, 0.2) is 0 Å². The number of hydrogen-bond donors (Lipinski definition) is 5. The lowest BCUT2D eigenvalue weighted by Gasteiger charge is -2.22. The molecule has 0 saturated carbocycles. The van der Waals surface area contributed by atoms with Crippen LogP contribution < -0.4 is 27.0 Å². The molecule has 0 bridgehead atoms. The first-order valence-electron chi connectivity index (χ1n) is 6.98. The number of nitrogens with zero attached hydrogens (tertiary/aromatic N) is 1. The fraction of sp³-hybridized carbons (Fsp3) is 1.00. The zero-order valence-corrected chi connectivity index (χ0v) is 12.1. The highest BCUT2D eigenvalue weighted by Gasteiger charge is 2.03. The quantitative estimate of drug-likeness (QED) is 0.230. The van der Waals surface area contributed by atoms with Gasteiger partial charge in [0, 0.05) is 65.4 Å². The van der Waals surface area contributed by atoms with E-state index in [1.54, 1.807) is 0 Å². The smallest absolute Gasteiger partial charge is 0.0108 e. The number of nitrogens with two attached hydrogens (primary N) is 1. The van der Waals surface area contributed by atoms with Gasteiger partial charge < -0.3 is 27.0 Å². The molecule has 18 heavy (non-hydrogen) atoms. The molecule has 0 aromatic heterocycles. The lowest BCUT2D eigenvalue weighted by molar-refractivity contribution is 0.275. The number of hydrogen-bond acceptors (Lipinski definition) is 6. The molecule has 0 aromatic rings. The van der Waals surface area contributed by atoms with Gasteiger partial charge in [-0.3, -0.25) is 4.90 Å². The second-order valence-electron chi connectivity index (χ2n) is 4.34. The van der Waals surface area contributed by atoms with Crippen LogP contribution in [0.1, 0.15) is 0 Å². The molecule has 0 amide bonds. The molecule has 6 nitrogen and oxygen atoms in total. The van der Waals surface area contributed by atoms with Crippen molar-refractivity contribution in [3.05, 3.63) is 0 Å². The summed E-state index contributed by atoms with van der Waals surface area (Å²) in [6.45, 7) is 10.0. The van der Waals surface area contributed by atoms with Crippen LogP contribution in [0.25, 0.3) is 0 Å². The molecule has 6 N–H and O–H groups in total. The summed E-state index contributed by atoms with van der Waals surface area (Å²) in [5.41, 5.74) is 5.45. The lowest BCUT2D eigenvalue weighted by Crippen LogP contribution is -2.41. The van der Waals surface area contributed by atoms with Gasteiger partial charge in [0.2, 0.25) is 0 Å². The summed E-state index contributed by atoms with van der Waals surface area (Å²) >= 11 is 0. The molecule has 0 atom stereocenters. The van der Waals surface area contributed by atoms with Gasteiger partial charge in [-0.1, -0.05) is 0 Å². The molecule has 0 unspecified atom stereocenters. The van der Waals surface area contributed by atoms with Crippen molar-refractivity contribution in [1.82, 2.24) is 26.2 Å². The Hall–Kier alpha value is -0.240. The summed E-state index contributed by atoms with van der Waals surface area (Å²) in [7, 11) is 3.97. The Balaban J connectivity index is 3.56. The second kappa shape index (κ2) is 14.8. The topological polar surface area (TPSA) is 77.4 Å². The minimum atomic E-state index is 0.710. The minimum Gasteiger partial charge on any atom is -0.329 e. The van der Waals surface area contributed by atoms with Gasteiger partial charge in [0.05, 0.1) is 0 Å². The van der Waals surface area contributed by atoms with Crippen LogP contribution >= 0.6 is 0 Å². The van der Waals surface area contributed by atoms with Crippen LogP contribution in [-0.2, 0) is 0 Å². The molecule has 110 valence electrons. The predicted molar refractivity (Wildman–Crippen MR) is 79.1 cm³/mol. The van der Waals surface area contributed by atoms with E-state index in [-0.39, 0.29) is 0 Å². The fourth-order valence-corrected chi connectivity index (χ4v) is 1.65. The summed E-state index contributed by atoms with van der Waals surface area (Å²) in [5.74, 6) is 0. The van der Waals surface area contributed by atoms with Gasteiger partial charge >= 0.3 is 0 Å². The predicted octanol–water partition coefficient (Wildman–Crippen LogP) is -2.13. The van der Waals surface area contributed by atoms with Crippen LogP contribution in [0.5, 0.6) is 0 Å². The molecule has 0 saturated heterocycles. The van der Waals surface area contributed by atoms with E-state index in [0.717, 1.165) is 58.9 Å². The highest BCUT2D eigenvalue weighted by Crippen LogP contribution is 1.85. The van der Waals surface area contributed by atoms with E-state index < -0.39 is 0 Å². The Morgan fingerprint density at radius 3 is 1.83 bits per heavy atom. The van der Waals surface area contributed by atoms with Gasteiger partial charge in [-0.25, -0.2) is 0 Å². The molecule has 0 aliphatic heterocycles. The van der Waals surface area contributed by atoms with Gasteiger partial charge in [-0.2, -0.15) is 0 Å². The third kappa shape index (κ3) is 12.2. The zero-order chi connectivity index (χ0) is 13.5. The number of likely N-dealkylation sites (N-methyl/N-ethyl adjacent to an activating group) is 2. The van der Waals surface area contributed by atoms with E-state index >= 15 is 0 Å². The average molecular weight is 260 g/mol. The number of nitrogens with one attached hydrogen (secondary N) is 4. The van der Waals surface area contributed by atoms with Gasteiger partial charge in [-0.15, -0.1) is 0 Å². The zero-order valence-electron chi connectivity index (χ0n) is 12.1. The van der Waals surface area contributed by atoms with Crippen molar-refractivity contribution in [3.8, 4) is 0 Å². The van der Waals surface area contributed by atoms with Crippen LogP contribution in [0.3, 0.4) is 0 Å². The molecule has 0 rings (SSSR count). The molecule has 0 fully saturated rings. The second-order valence-corrected chi connectivity index (χ2v) is 4.34. The molecular weight excluding hydrogens is 228 g/mol. The van der Waals surface area contributed by atoms with Gasteiger partial charge in [0.25, 0.3) is 0 Å². The largest absolute Gasteiger partial charge is 0.329 e. The Labute approximate surface area is 112 Å². The van der Waals surface area contributed by atoms with Crippen molar-refractivity contribution in [3.63, 3.8) is 0 Å². The highest BCUT2D eigenvalue weighted by molar-refractivity contribution is 4.63. The van der Waals surface area contributed by atoms with Gasteiger partial charge in [-0.05, 0) is 14.1 Å². The monoisotopic (exact) mass is 260 g/mol. The Morgan fingerprint density at radius 2 is 1.28 bits per heavy atom. The van der Waals surface area contributed by atoms with Crippen LogP contribution in [0.4, 0.5) is 0 Å². The van der Waals surface area contributed by atoms with Crippen molar-refractivity contribution in [1.29, 1.82) is 0 Å². The molecule has 0 spiro atoms. The standard InChI is InChI=1S/C12H32N6/c1-14-5-6-17-9-12-18(10-7-15-2)11-8-16-4-3-13/h14-17H,3-13H2,1-2H3. The first kappa shape index (κ1) is 17.8. The maximum absolute atomic E-state index is 5.45. The van der Waals surface area contributed by atoms with Gasteiger partial charge in [0.1, 0.15) is 0 Å². The molecule has 0 heterocycles. The third-order valence-electron chi connectivity index (χ3n) is 2.76. The van der Waals surface area contributed by atoms with Crippen LogP contribution in [0.2, 0.25) is 0 Å². The highest BCUT2D eigenvalue weighted by atomic mass is 15.2. The van der Waals surface area contributed by atoms with Crippen LogP contribution in [0.15, 0.2) is 0 Å². The first-order valence-corrected chi connectivity index (χ1v) is 6.98. The third-order valence-corrected chi connectivity index (χ3v) is 2.76. The van der Waals surface area contributed by atoms with Crippen molar-refractivity contribution in [2.75, 3.05) is 79.5 Å². The van der Waals surface area contributed by atoms with E-state index in [2.05, 4.69) is 26.2 Å². The van der Waals surface area contributed by atoms with Crippen molar-refractivity contribution < 1.29 is 0 Å². The van der Waals surface area contributed by atoms with Crippen molar-refractivity contribution >= 4 is 0 Å². The SMILES string of the molecule is CNCCNCCN(CCNC)CCNCCN. The summed E-state index contributed by atoms with van der Waals surface area (Å²) < 4.78 is 0. The lowest BCUT2D eigenvalue weighted by atomic mass is 10.4. The van der Waals surface area contributed by atoms with Crippen molar-refractivity contribution in [2.24, 2.45) is 5.73 Å². The van der Waals surface area contributed by atoms with Crippen LogP contribution in [0, 0.1) is 0 Å². The molecule has 0 aromatic carbocycles. The fourth-order valence-electron chi connectivity index (χ4n) is 1.65. The molecule has 6 heteroatoms. The molecule has 0 aliphatic carbocycles. The average Bonchev–Trinajstić information content (AvgIpc) is 2.39. The molecule has 0 aliphatic rings. The Kier molecular flexibility index (Phi) is 14.6. The summed E-state index contributed by atoms with van der Waals surface area (Å²) in [4.78, 5) is 2.46. The van der Waals surface area contributed by atoms with E-state index in [9.17, 15) is 0 Å². The summed E-state index contributed by atoms with van der Waals surface area (Å²) in [6.07, 6.45) is 0. The van der Waals surface area contributed by atoms with E-state index in [1.165, 1.54) is 0 Å².